The molecule has 2 atom stereocenters. The van der Waals surface area contributed by atoms with Gasteiger partial charge in [-0.1, -0.05) is 30.7 Å². The van der Waals surface area contributed by atoms with Gasteiger partial charge in [0, 0.05) is 13.0 Å². The molecule has 1 aliphatic heterocycles. The Kier molecular flexibility index (Phi) is 6.24. The summed E-state index contributed by atoms with van der Waals surface area (Å²) in [6.07, 6.45) is 0. The second-order valence-corrected chi connectivity index (χ2v) is 6.19. The fourth-order valence-electron chi connectivity index (χ4n) is 2.80. The lowest BCUT2D eigenvalue weighted by atomic mass is 9.87. The van der Waals surface area contributed by atoms with Gasteiger partial charge in [-0.2, -0.15) is 0 Å². The van der Waals surface area contributed by atoms with Crippen LogP contribution in [0, 0.1) is 25.7 Å². The summed E-state index contributed by atoms with van der Waals surface area (Å²) in [5, 5.41) is 3.24. The molecule has 0 aromatic heterocycles. The second kappa shape index (κ2) is 7.28. The first kappa shape index (κ1) is 18.0. The van der Waals surface area contributed by atoms with Crippen molar-refractivity contribution in [3.05, 3.63) is 34.9 Å². The van der Waals surface area contributed by atoms with E-state index in [9.17, 15) is 4.79 Å². The largest absolute Gasteiger partial charge is 0.339 e. The maximum Gasteiger partial charge on any atom is 0.226 e. The standard InChI is InChI=1S/C17H26N2O.ClH/c1-11-6-7-12(2)16(8-11)14(4)19(5)17(20)13(3)15-9-18-10-15;/h6-8,13-15,18H,9-10H2,1-5H3;1H. The van der Waals surface area contributed by atoms with Crippen LogP contribution in [0.15, 0.2) is 18.2 Å². The molecule has 1 N–H and O–H groups in total. The number of nitrogens with one attached hydrogen (secondary N) is 1. The SMILES string of the molecule is Cc1ccc(C)c(C(C)N(C)C(=O)C(C)C2CNC2)c1.Cl. The Morgan fingerprint density at radius 1 is 1.29 bits per heavy atom. The lowest BCUT2D eigenvalue weighted by Crippen LogP contribution is -2.50. The summed E-state index contributed by atoms with van der Waals surface area (Å²) in [5.74, 6) is 0.856. The van der Waals surface area contributed by atoms with Gasteiger partial charge in [0.15, 0.2) is 0 Å². The monoisotopic (exact) mass is 310 g/mol. The summed E-state index contributed by atoms with van der Waals surface area (Å²) in [4.78, 5) is 14.5. The van der Waals surface area contributed by atoms with E-state index in [2.05, 4.69) is 51.2 Å². The number of carbonyl (C=O) groups excluding carboxylic acids is 1. The highest BCUT2D eigenvalue weighted by molar-refractivity contribution is 5.85. The van der Waals surface area contributed by atoms with E-state index in [4.69, 9.17) is 0 Å². The quantitative estimate of drug-likeness (QED) is 0.927. The van der Waals surface area contributed by atoms with Crippen molar-refractivity contribution >= 4 is 18.3 Å². The van der Waals surface area contributed by atoms with E-state index >= 15 is 0 Å². The van der Waals surface area contributed by atoms with Crippen molar-refractivity contribution in [2.45, 2.75) is 33.7 Å². The van der Waals surface area contributed by atoms with Crippen LogP contribution in [0.2, 0.25) is 0 Å². The average molecular weight is 311 g/mol. The van der Waals surface area contributed by atoms with Gasteiger partial charge < -0.3 is 10.2 Å². The smallest absolute Gasteiger partial charge is 0.226 e. The molecule has 1 heterocycles. The van der Waals surface area contributed by atoms with Crippen LogP contribution in [0.3, 0.4) is 0 Å². The van der Waals surface area contributed by atoms with Gasteiger partial charge in [-0.3, -0.25) is 4.79 Å². The summed E-state index contributed by atoms with van der Waals surface area (Å²) in [6.45, 7) is 10.3. The van der Waals surface area contributed by atoms with Gasteiger partial charge in [0.05, 0.1) is 6.04 Å². The van der Waals surface area contributed by atoms with Crippen LogP contribution in [0.25, 0.3) is 0 Å². The Balaban J connectivity index is 0.00000220. The molecule has 21 heavy (non-hydrogen) atoms. The van der Waals surface area contributed by atoms with Crippen LogP contribution in [-0.2, 0) is 4.79 Å². The van der Waals surface area contributed by atoms with E-state index in [1.807, 2.05) is 11.9 Å². The number of nitrogens with zero attached hydrogens (tertiary/aromatic N) is 1. The van der Waals surface area contributed by atoms with Crippen molar-refractivity contribution in [2.24, 2.45) is 11.8 Å². The van der Waals surface area contributed by atoms with Crippen molar-refractivity contribution in [2.75, 3.05) is 20.1 Å². The van der Waals surface area contributed by atoms with Crippen LogP contribution >= 0.6 is 12.4 Å². The Morgan fingerprint density at radius 3 is 2.43 bits per heavy atom. The van der Waals surface area contributed by atoms with E-state index in [1.165, 1.54) is 16.7 Å². The first-order valence-corrected chi connectivity index (χ1v) is 7.46. The topological polar surface area (TPSA) is 32.3 Å². The lowest BCUT2D eigenvalue weighted by Gasteiger charge is -2.36. The third-order valence-electron chi connectivity index (χ3n) is 4.72. The molecule has 0 aliphatic carbocycles. The molecule has 4 heteroatoms. The number of hydrogen-bond acceptors (Lipinski definition) is 2. The molecule has 1 aromatic rings. The van der Waals surface area contributed by atoms with Crippen LogP contribution < -0.4 is 5.32 Å². The van der Waals surface area contributed by atoms with Gasteiger partial charge in [-0.15, -0.1) is 12.4 Å². The molecule has 2 rings (SSSR count). The number of amides is 1. The zero-order valence-electron chi connectivity index (χ0n) is 13.6. The molecule has 1 aliphatic rings. The number of hydrogen-bond donors (Lipinski definition) is 1. The molecule has 2 unspecified atom stereocenters. The molecule has 0 bridgehead atoms. The molecule has 118 valence electrons. The van der Waals surface area contributed by atoms with Crippen molar-refractivity contribution in [1.82, 2.24) is 10.2 Å². The number of carbonyl (C=O) groups is 1. The van der Waals surface area contributed by atoms with Crippen molar-refractivity contribution in [1.29, 1.82) is 0 Å². The van der Waals surface area contributed by atoms with Gasteiger partial charge in [0.2, 0.25) is 5.91 Å². The normalized spacial score (nSPS) is 17.4. The van der Waals surface area contributed by atoms with Gasteiger partial charge in [0.1, 0.15) is 0 Å². The Morgan fingerprint density at radius 2 is 1.90 bits per heavy atom. The van der Waals surface area contributed by atoms with Crippen LogP contribution in [0.5, 0.6) is 0 Å². The van der Waals surface area contributed by atoms with Gasteiger partial charge >= 0.3 is 0 Å². The molecule has 0 radical (unpaired) electrons. The minimum Gasteiger partial charge on any atom is -0.339 e. The van der Waals surface area contributed by atoms with E-state index in [-0.39, 0.29) is 30.3 Å². The second-order valence-electron chi connectivity index (χ2n) is 6.19. The zero-order chi connectivity index (χ0) is 14.9. The summed E-state index contributed by atoms with van der Waals surface area (Å²) in [5.41, 5.74) is 3.75. The molecule has 0 spiro atoms. The zero-order valence-corrected chi connectivity index (χ0v) is 14.5. The van der Waals surface area contributed by atoms with Gasteiger partial charge in [0.25, 0.3) is 0 Å². The third kappa shape index (κ3) is 3.78. The Bertz CT molecular complexity index is 500. The molecular formula is C17H27ClN2O. The first-order valence-electron chi connectivity index (χ1n) is 7.46. The average Bonchev–Trinajstić information content (AvgIpc) is 2.37. The maximum absolute atomic E-state index is 12.6. The highest BCUT2D eigenvalue weighted by Gasteiger charge is 2.32. The van der Waals surface area contributed by atoms with Gasteiger partial charge in [-0.25, -0.2) is 0 Å². The highest BCUT2D eigenvalue weighted by atomic mass is 35.5. The minimum absolute atomic E-state index is 0. The summed E-state index contributed by atoms with van der Waals surface area (Å²) < 4.78 is 0. The van der Waals surface area contributed by atoms with Crippen LogP contribution in [0.4, 0.5) is 0 Å². The van der Waals surface area contributed by atoms with E-state index in [0.717, 1.165) is 13.1 Å². The van der Waals surface area contributed by atoms with Crippen LogP contribution in [0.1, 0.15) is 36.6 Å². The minimum atomic E-state index is 0. The van der Waals surface area contributed by atoms with Crippen molar-refractivity contribution in [3.63, 3.8) is 0 Å². The number of halogens is 1. The van der Waals surface area contributed by atoms with Crippen molar-refractivity contribution in [3.8, 4) is 0 Å². The summed E-state index contributed by atoms with van der Waals surface area (Å²) in [6, 6.07) is 6.58. The van der Waals surface area contributed by atoms with Crippen molar-refractivity contribution < 1.29 is 4.79 Å². The molecule has 0 saturated carbocycles. The predicted molar refractivity (Wildman–Crippen MR) is 89.9 cm³/mol. The Hall–Kier alpha value is -1.06. The molecule has 3 nitrogen and oxygen atoms in total. The number of aryl methyl sites for hydroxylation is 2. The van der Waals surface area contributed by atoms with E-state index < -0.39 is 0 Å². The van der Waals surface area contributed by atoms with E-state index in [0.29, 0.717) is 5.92 Å². The number of benzene rings is 1. The molecule has 1 fully saturated rings. The fourth-order valence-corrected chi connectivity index (χ4v) is 2.80. The van der Waals surface area contributed by atoms with Crippen LogP contribution in [-0.4, -0.2) is 30.9 Å². The molecule has 1 aromatic carbocycles. The summed E-state index contributed by atoms with van der Waals surface area (Å²) in [7, 11) is 1.93. The Labute approximate surface area is 134 Å². The van der Waals surface area contributed by atoms with E-state index in [1.54, 1.807) is 0 Å². The fraction of sp³-hybridized carbons (Fsp3) is 0.588. The number of rotatable bonds is 4. The third-order valence-corrected chi connectivity index (χ3v) is 4.72. The van der Waals surface area contributed by atoms with Gasteiger partial charge in [-0.05, 0) is 50.9 Å². The molecular weight excluding hydrogens is 284 g/mol. The first-order chi connectivity index (χ1) is 9.41. The summed E-state index contributed by atoms with van der Waals surface area (Å²) >= 11 is 0. The lowest BCUT2D eigenvalue weighted by molar-refractivity contribution is -0.138. The maximum atomic E-state index is 12.6. The predicted octanol–water partition coefficient (Wildman–Crippen LogP) is 3.10. The molecule has 1 saturated heterocycles. The highest BCUT2D eigenvalue weighted by Crippen LogP contribution is 2.27. The molecule has 1 amide bonds.